The SMILES string of the molecule is Cc1cc(C#N)ccc1N1CCN(C(=O)[C@H]2CCN(C(=NC#N)Oc3ccccc3)C(C)[C@@H]2C(=O)O)CC1. The minimum absolute atomic E-state index is 0.0229. The molecule has 3 atom stereocenters. The summed E-state index contributed by atoms with van der Waals surface area (Å²) in [6, 6.07) is 16.0. The number of benzene rings is 2. The highest BCUT2D eigenvalue weighted by atomic mass is 16.5. The number of likely N-dealkylation sites (tertiary alicyclic amines) is 1. The Morgan fingerprint density at radius 2 is 1.76 bits per heavy atom. The highest BCUT2D eigenvalue weighted by molar-refractivity contribution is 5.87. The number of aliphatic carboxylic acids is 1. The molecule has 1 N–H and O–H groups in total. The number of hydrogen-bond donors (Lipinski definition) is 1. The van der Waals surface area contributed by atoms with Crippen molar-refractivity contribution in [2.24, 2.45) is 16.8 Å². The number of hydrogen-bond acceptors (Lipinski definition) is 7. The molecule has 1 unspecified atom stereocenters. The lowest BCUT2D eigenvalue weighted by Gasteiger charge is -2.44. The van der Waals surface area contributed by atoms with Crippen molar-refractivity contribution >= 4 is 23.6 Å². The first-order chi connectivity index (χ1) is 18.3. The summed E-state index contributed by atoms with van der Waals surface area (Å²) in [5.41, 5.74) is 2.64. The van der Waals surface area contributed by atoms with Crippen LogP contribution in [-0.2, 0) is 9.59 Å². The number of para-hydroxylation sites is 1. The van der Waals surface area contributed by atoms with Crippen molar-refractivity contribution < 1.29 is 19.4 Å². The zero-order valence-corrected chi connectivity index (χ0v) is 21.4. The van der Waals surface area contributed by atoms with E-state index in [1.54, 1.807) is 53.2 Å². The molecule has 38 heavy (non-hydrogen) atoms. The molecule has 0 radical (unpaired) electrons. The van der Waals surface area contributed by atoms with Crippen molar-refractivity contribution in [3.8, 4) is 18.0 Å². The molecule has 4 rings (SSSR count). The van der Waals surface area contributed by atoms with E-state index >= 15 is 0 Å². The van der Waals surface area contributed by atoms with Crippen LogP contribution in [0.4, 0.5) is 5.69 Å². The maximum atomic E-state index is 13.6. The maximum Gasteiger partial charge on any atom is 0.309 e. The van der Waals surface area contributed by atoms with E-state index in [1.165, 1.54) is 0 Å². The molecular weight excluding hydrogens is 484 g/mol. The number of carbonyl (C=O) groups excluding carboxylic acids is 1. The molecule has 0 saturated carbocycles. The average molecular weight is 515 g/mol. The summed E-state index contributed by atoms with van der Waals surface area (Å²) in [6.45, 7) is 6.23. The third kappa shape index (κ3) is 5.55. The third-order valence-electron chi connectivity index (χ3n) is 7.33. The van der Waals surface area contributed by atoms with Crippen LogP contribution in [0.5, 0.6) is 5.75 Å². The van der Waals surface area contributed by atoms with Crippen molar-refractivity contribution in [2.75, 3.05) is 37.6 Å². The molecule has 0 aliphatic carbocycles. The number of nitriles is 2. The van der Waals surface area contributed by atoms with E-state index in [-0.39, 0.29) is 11.9 Å². The molecule has 2 fully saturated rings. The molecule has 196 valence electrons. The lowest BCUT2D eigenvalue weighted by atomic mass is 9.79. The van der Waals surface area contributed by atoms with Gasteiger partial charge >= 0.3 is 12.0 Å². The van der Waals surface area contributed by atoms with Gasteiger partial charge in [0.15, 0.2) is 0 Å². The standard InChI is InChI=1S/C28H30N6O4/c1-19-16-21(17-29)8-9-24(19)32-12-14-33(15-13-32)26(35)23-10-11-34(20(2)25(23)27(36)37)28(31-18-30)38-22-6-4-3-5-7-22/h3-9,16,20,23,25H,10-15H2,1-2H3,(H,36,37)/t20?,23-,25-/m0/s1. The van der Waals surface area contributed by atoms with Crippen LogP contribution in [0.1, 0.15) is 24.5 Å². The van der Waals surface area contributed by atoms with E-state index in [0.29, 0.717) is 50.5 Å². The van der Waals surface area contributed by atoms with Gasteiger partial charge in [0.25, 0.3) is 0 Å². The molecule has 10 heteroatoms. The molecule has 2 aromatic rings. The fourth-order valence-electron chi connectivity index (χ4n) is 5.38. The first-order valence-corrected chi connectivity index (χ1v) is 12.6. The number of carboxylic acids is 1. The molecule has 2 aliphatic rings. The number of aryl methyl sites for hydroxylation is 1. The van der Waals surface area contributed by atoms with Crippen LogP contribution >= 0.6 is 0 Å². The van der Waals surface area contributed by atoms with Crippen molar-refractivity contribution in [3.63, 3.8) is 0 Å². The van der Waals surface area contributed by atoms with Gasteiger partial charge < -0.3 is 24.5 Å². The summed E-state index contributed by atoms with van der Waals surface area (Å²) in [5, 5.41) is 28.5. The molecule has 0 aromatic heterocycles. The summed E-state index contributed by atoms with van der Waals surface area (Å²) in [7, 11) is 0. The number of carbonyl (C=O) groups is 2. The molecule has 1 amide bonds. The second-order valence-electron chi connectivity index (χ2n) is 9.53. The van der Waals surface area contributed by atoms with Crippen LogP contribution in [0.15, 0.2) is 53.5 Å². The quantitative estimate of drug-likeness (QED) is 0.374. The fourth-order valence-corrected chi connectivity index (χ4v) is 5.38. The highest BCUT2D eigenvalue weighted by Crippen LogP contribution is 2.33. The predicted molar refractivity (Wildman–Crippen MR) is 140 cm³/mol. The monoisotopic (exact) mass is 514 g/mol. The number of rotatable bonds is 4. The van der Waals surface area contributed by atoms with Crippen molar-refractivity contribution in [2.45, 2.75) is 26.3 Å². The fraction of sp³-hybridized carbons (Fsp3) is 0.393. The molecular formula is C28H30N6O4. The first kappa shape index (κ1) is 26.5. The van der Waals surface area contributed by atoms with Gasteiger partial charge in [-0.2, -0.15) is 10.5 Å². The third-order valence-corrected chi connectivity index (χ3v) is 7.33. The van der Waals surface area contributed by atoms with E-state index in [4.69, 9.17) is 10.00 Å². The number of amides is 1. The van der Waals surface area contributed by atoms with E-state index < -0.39 is 23.8 Å². The Labute approximate surface area is 222 Å². The number of ether oxygens (including phenoxy) is 1. The largest absolute Gasteiger partial charge is 0.481 e. The second kappa shape index (κ2) is 11.7. The van der Waals surface area contributed by atoms with Gasteiger partial charge in [-0.15, -0.1) is 4.99 Å². The van der Waals surface area contributed by atoms with Crippen LogP contribution in [0.3, 0.4) is 0 Å². The average Bonchev–Trinajstić information content (AvgIpc) is 2.92. The minimum atomic E-state index is -1.07. The van der Waals surface area contributed by atoms with E-state index in [2.05, 4.69) is 16.0 Å². The molecule has 0 spiro atoms. The second-order valence-corrected chi connectivity index (χ2v) is 9.53. The Hall–Kier alpha value is -4.57. The molecule has 0 bridgehead atoms. The topological polar surface area (TPSA) is 133 Å². The van der Waals surface area contributed by atoms with Crippen LogP contribution in [-0.4, -0.2) is 71.6 Å². The zero-order chi connectivity index (χ0) is 27.2. The van der Waals surface area contributed by atoms with Gasteiger partial charge in [0.1, 0.15) is 5.75 Å². The number of anilines is 1. The van der Waals surface area contributed by atoms with E-state index in [0.717, 1.165) is 11.3 Å². The van der Waals surface area contributed by atoms with Gasteiger partial charge in [-0.1, -0.05) is 18.2 Å². The highest BCUT2D eigenvalue weighted by Gasteiger charge is 2.46. The molecule has 2 heterocycles. The Kier molecular flexibility index (Phi) is 8.12. The lowest BCUT2D eigenvalue weighted by molar-refractivity contribution is -0.155. The molecule has 10 nitrogen and oxygen atoms in total. The van der Waals surface area contributed by atoms with Crippen LogP contribution in [0, 0.1) is 41.5 Å². The Balaban J connectivity index is 1.45. The lowest BCUT2D eigenvalue weighted by Crippen LogP contribution is -2.59. The number of piperazine rings is 1. The van der Waals surface area contributed by atoms with Crippen LogP contribution in [0.25, 0.3) is 0 Å². The van der Waals surface area contributed by atoms with Gasteiger partial charge in [-0.05, 0) is 56.2 Å². The van der Waals surface area contributed by atoms with E-state index in [9.17, 15) is 20.0 Å². The van der Waals surface area contributed by atoms with Gasteiger partial charge in [-0.3, -0.25) is 9.59 Å². The number of carboxylic acid groups (broad SMARTS) is 1. The van der Waals surface area contributed by atoms with Gasteiger partial charge in [0, 0.05) is 44.5 Å². The number of piperidine rings is 1. The van der Waals surface area contributed by atoms with Crippen molar-refractivity contribution in [1.82, 2.24) is 9.80 Å². The Bertz CT molecular complexity index is 1290. The van der Waals surface area contributed by atoms with E-state index in [1.807, 2.05) is 25.1 Å². The van der Waals surface area contributed by atoms with Gasteiger partial charge in [0.05, 0.1) is 23.5 Å². The summed E-state index contributed by atoms with van der Waals surface area (Å²) in [6.07, 6.45) is 2.04. The van der Waals surface area contributed by atoms with Crippen molar-refractivity contribution in [3.05, 3.63) is 59.7 Å². The maximum absolute atomic E-state index is 13.6. The smallest absolute Gasteiger partial charge is 0.309 e. The molecule has 2 saturated heterocycles. The molecule has 2 aliphatic heterocycles. The number of amidine groups is 1. The zero-order valence-electron chi connectivity index (χ0n) is 21.4. The molecule has 2 aromatic carbocycles. The number of nitrogens with zero attached hydrogens (tertiary/aromatic N) is 6. The summed E-state index contributed by atoms with van der Waals surface area (Å²) in [4.78, 5) is 35.4. The Morgan fingerprint density at radius 1 is 1.05 bits per heavy atom. The summed E-state index contributed by atoms with van der Waals surface area (Å²) in [5.74, 6) is -2.43. The normalized spacial score (nSPS) is 21.8. The minimum Gasteiger partial charge on any atom is -0.481 e. The van der Waals surface area contributed by atoms with Crippen LogP contribution in [0.2, 0.25) is 0 Å². The first-order valence-electron chi connectivity index (χ1n) is 12.6. The summed E-state index contributed by atoms with van der Waals surface area (Å²) < 4.78 is 5.82. The number of aliphatic imine (C=N–C) groups is 1. The van der Waals surface area contributed by atoms with Gasteiger partial charge in [0.2, 0.25) is 12.1 Å². The van der Waals surface area contributed by atoms with Crippen molar-refractivity contribution in [1.29, 1.82) is 10.5 Å². The summed E-state index contributed by atoms with van der Waals surface area (Å²) >= 11 is 0. The Morgan fingerprint density at radius 3 is 2.37 bits per heavy atom. The van der Waals surface area contributed by atoms with Crippen LogP contribution < -0.4 is 9.64 Å². The predicted octanol–water partition coefficient (Wildman–Crippen LogP) is 2.84. The van der Waals surface area contributed by atoms with Gasteiger partial charge in [-0.25, -0.2) is 0 Å².